The molecule has 0 spiro atoms. The predicted molar refractivity (Wildman–Crippen MR) is 72.2 cm³/mol. The van der Waals surface area contributed by atoms with Crippen molar-refractivity contribution in [3.63, 3.8) is 0 Å². The first-order valence-corrected chi connectivity index (χ1v) is 6.39. The van der Waals surface area contributed by atoms with E-state index in [1.54, 1.807) is 19.1 Å². The highest BCUT2D eigenvalue weighted by Crippen LogP contribution is 2.22. The van der Waals surface area contributed by atoms with Gasteiger partial charge in [0.15, 0.2) is 0 Å². The Kier molecular flexibility index (Phi) is 3.57. The highest BCUT2D eigenvalue weighted by Gasteiger charge is 2.34. The number of amides is 3. The van der Waals surface area contributed by atoms with Crippen molar-refractivity contribution in [2.45, 2.75) is 13.0 Å². The van der Waals surface area contributed by atoms with Crippen molar-refractivity contribution in [3.8, 4) is 0 Å². The van der Waals surface area contributed by atoms with E-state index in [0.717, 1.165) is 0 Å². The van der Waals surface area contributed by atoms with Crippen molar-refractivity contribution in [2.24, 2.45) is 0 Å². The zero-order valence-corrected chi connectivity index (χ0v) is 11.7. The second kappa shape index (κ2) is 5.00. The van der Waals surface area contributed by atoms with Crippen molar-refractivity contribution in [2.75, 3.05) is 12.3 Å². The van der Waals surface area contributed by atoms with Crippen LogP contribution in [0.3, 0.4) is 0 Å². The Balaban J connectivity index is 2.35. The van der Waals surface area contributed by atoms with Gasteiger partial charge in [0, 0.05) is 10.2 Å². The van der Waals surface area contributed by atoms with Crippen LogP contribution in [0.4, 0.5) is 5.69 Å². The number of imide groups is 1. The minimum atomic E-state index is -0.696. The third-order valence-electron chi connectivity index (χ3n) is 2.91. The van der Waals surface area contributed by atoms with Gasteiger partial charge in [-0.2, -0.15) is 0 Å². The average molecular weight is 326 g/mol. The van der Waals surface area contributed by atoms with Crippen LogP contribution in [0.2, 0.25) is 0 Å². The van der Waals surface area contributed by atoms with Crippen LogP contribution < -0.4 is 11.1 Å². The quantitative estimate of drug-likeness (QED) is 0.581. The molecule has 2 rings (SSSR count). The van der Waals surface area contributed by atoms with Crippen molar-refractivity contribution < 1.29 is 14.4 Å². The summed E-state index contributed by atoms with van der Waals surface area (Å²) in [5.41, 5.74) is 6.41. The third-order valence-corrected chi connectivity index (χ3v) is 3.60. The van der Waals surface area contributed by atoms with E-state index in [2.05, 4.69) is 21.2 Å². The van der Waals surface area contributed by atoms with Crippen LogP contribution in [-0.2, 0) is 9.59 Å². The summed E-state index contributed by atoms with van der Waals surface area (Å²) in [6, 6.07) is 4.12. The maximum Gasteiger partial charge on any atom is 0.256 e. The van der Waals surface area contributed by atoms with Gasteiger partial charge in [0.25, 0.3) is 5.91 Å². The summed E-state index contributed by atoms with van der Waals surface area (Å²) in [6.07, 6.45) is 0. The molecular formula is C12H12BrN3O3. The van der Waals surface area contributed by atoms with Gasteiger partial charge in [0.2, 0.25) is 11.8 Å². The predicted octanol–water partition coefficient (Wildman–Crippen LogP) is 0.518. The second-order valence-electron chi connectivity index (χ2n) is 4.26. The zero-order valence-electron chi connectivity index (χ0n) is 10.1. The van der Waals surface area contributed by atoms with Gasteiger partial charge >= 0.3 is 0 Å². The van der Waals surface area contributed by atoms with Crippen LogP contribution in [0.1, 0.15) is 17.3 Å². The first-order valence-electron chi connectivity index (χ1n) is 5.60. The van der Waals surface area contributed by atoms with Gasteiger partial charge in [-0.3, -0.25) is 19.7 Å². The lowest BCUT2D eigenvalue weighted by molar-refractivity contribution is -0.138. The first-order chi connectivity index (χ1) is 8.90. The molecule has 19 heavy (non-hydrogen) atoms. The highest BCUT2D eigenvalue weighted by molar-refractivity contribution is 9.10. The summed E-state index contributed by atoms with van der Waals surface area (Å²) in [5.74, 6) is -1.38. The number of hydrogen-bond donors (Lipinski definition) is 2. The summed E-state index contributed by atoms with van der Waals surface area (Å²) in [5, 5.41) is 2.18. The summed E-state index contributed by atoms with van der Waals surface area (Å²) in [7, 11) is 0. The Hall–Kier alpha value is -1.89. The van der Waals surface area contributed by atoms with E-state index >= 15 is 0 Å². The van der Waals surface area contributed by atoms with Gasteiger partial charge in [-0.25, -0.2) is 0 Å². The summed E-state index contributed by atoms with van der Waals surface area (Å²) < 4.78 is 0.567. The van der Waals surface area contributed by atoms with Crippen molar-refractivity contribution in [3.05, 3.63) is 28.2 Å². The van der Waals surface area contributed by atoms with Crippen LogP contribution in [0, 0.1) is 0 Å². The third kappa shape index (κ3) is 2.60. The van der Waals surface area contributed by atoms with E-state index in [0.29, 0.717) is 15.7 Å². The number of benzene rings is 1. The molecule has 7 heteroatoms. The molecule has 3 amide bonds. The topological polar surface area (TPSA) is 92.5 Å². The van der Waals surface area contributed by atoms with Gasteiger partial charge in [-0.15, -0.1) is 0 Å². The van der Waals surface area contributed by atoms with Gasteiger partial charge < -0.3 is 10.6 Å². The molecule has 0 aromatic heterocycles. The Morgan fingerprint density at radius 2 is 2.16 bits per heavy atom. The summed E-state index contributed by atoms with van der Waals surface area (Å²) in [6.45, 7) is 1.42. The van der Waals surface area contributed by atoms with E-state index in [4.69, 9.17) is 5.73 Å². The maximum atomic E-state index is 12.4. The number of anilines is 1. The molecule has 1 aliphatic rings. The lowest BCUT2D eigenvalue weighted by Gasteiger charge is -2.31. The molecule has 1 saturated heterocycles. The molecule has 1 aliphatic heterocycles. The number of nitrogen functional groups attached to an aromatic ring is 1. The molecule has 0 bridgehead atoms. The Morgan fingerprint density at radius 1 is 1.47 bits per heavy atom. The molecule has 0 radical (unpaired) electrons. The van der Waals surface area contributed by atoms with E-state index in [1.165, 1.54) is 11.0 Å². The molecular weight excluding hydrogens is 314 g/mol. The van der Waals surface area contributed by atoms with Crippen LogP contribution >= 0.6 is 15.9 Å². The van der Waals surface area contributed by atoms with E-state index in [-0.39, 0.29) is 6.54 Å². The van der Waals surface area contributed by atoms with Crippen LogP contribution in [0.5, 0.6) is 0 Å². The highest BCUT2D eigenvalue weighted by atomic mass is 79.9. The largest absolute Gasteiger partial charge is 0.399 e. The molecule has 1 atom stereocenters. The fourth-order valence-electron chi connectivity index (χ4n) is 1.82. The number of nitrogens with one attached hydrogen (secondary N) is 1. The number of carbonyl (C=O) groups excluding carboxylic acids is 3. The number of hydrogen-bond acceptors (Lipinski definition) is 4. The van der Waals surface area contributed by atoms with Crippen molar-refractivity contribution in [1.82, 2.24) is 10.2 Å². The normalized spacial score (nSPS) is 19.3. The maximum absolute atomic E-state index is 12.4. The molecule has 1 fully saturated rings. The van der Waals surface area contributed by atoms with Crippen molar-refractivity contribution in [1.29, 1.82) is 0 Å². The fraction of sp³-hybridized carbons (Fsp3) is 0.250. The van der Waals surface area contributed by atoms with Gasteiger partial charge in [-0.05, 0) is 41.1 Å². The second-order valence-corrected chi connectivity index (χ2v) is 5.12. The van der Waals surface area contributed by atoms with E-state index < -0.39 is 23.8 Å². The first kappa shape index (κ1) is 13.5. The Labute approximate surface area is 118 Å². The molecule has 1 aromatic rings. The standard InChI is InChI=1S/C12H12BrN3O3/c1-6-11(18)15-10(17)5-16(6)12(19)8-4-7(14)2-3-9(8)13/h2-4,6H,5,14H2,1H3,(H,15,17,18). The number of carbonyl (C=O) groups is 3. The number of halogens is 1. The molecule has 3 N–H and O–H groups in total. The lowest BCUT2D eigenvalue weighted by atomic mass is 10.1. The van der Waals surface area contributed by atoms with Crippen LogP contribution in [-0.4, -0.2) is 35.2 Å². The molecule has 1 unspecified atom stereocenters. The summed E-state index contributed by atoms with van der Waals surface area (Å²) in [4.78, 5) is 36.5. The molecule has 100 valence electrons. The number of nitrogens with zero attached hydrogens (tertiary/aromatic N) is 1. The zero-order chi connectivity index (χ0) is 14.2. The monoisotopic (exact) mass is 325 g/mol. The van der Waals surface area contributed by atoms with E-state index in [1.807, 2.05) is 0 Å². The van der Waals surface area contributed by atoms with Crippen molar-refractivity contribution >= 4 is 39.3 Å². The van der Waals surface area contributed by atoms with Gasteiger partial charge in [0.05, 0.1) is 5.56 Å². The minimum Gasteiger partial charge on any atom is -0.399 e. The number of piperazine rings is 1. The SMILES string of the molecule is CC1C(=O)NC(=O)CN1C(=O)c1cc(N)ccc1Br. The lowest BCUT2D eigenvalue weighted by Crippen LogP contribution is -2.58. The fourth-order valence-corrected chi connectivity index (χ4v) is 2.24. The molecule has 1 heterocycles. The Morgan fingerprint density at radius 3 is 2.84 bits per heavy atom. The smallest absolute Gasteiger partial charge is 0.256 e. The van der Waals surface area contributed by atoms with Crippen LogP contribution in [0.15, 0.2) is 22.7 Å². The van der Waals surface area contributed by atoms with Gasteiger partial charge in [0.1, 0.15) is 12.6 Å². The number of rotatable bonds is 1. The Bertz CT molecular complexity index is 573. The van der Waals surface area contributed by atoms with E-state index in [9.17, 15) is 14.4 Å². The molecule has 0 aliphatic carbocycles. The summed E-state index contributed by atoms with van der Waals surface area (Å²) >= 11 is 3.26. The molecule has 6 nitrogen and oxygen atoms in total. The molecule has 0 saturated carbocycles. The number of nitrogens with two attached hydrogens (primary N) is 1. The average Bonchev–Trinajstić information content (AvgIpc) is 2.36. The molecule has 1 aromatic carbocycles. The van der Waals surface area contributed by atoms with Crippen LogP contribution in [0.25, 0.3) is 0 Å². The van der Waals surface area contributed by atoms with Gasteiger partial charge in [-0.1, -0.05) is 0 Å². The minimum absolute atomic E-state index is 0.146.